The van der Waals surface area contributed by atoms with Crippen LogP contribution in [0.2, 0.25) is 0 Å². The van der Waals surface area contributed by atoms with Crippen LogP contribution in [0, 0.1) is 29.1 Å². The van der Waals surface area contributed by atoms with Gasteiger partial charge in [-0.15, -0.1) is 0 Å². The van der Waals surface area contributed by atoms with Crippen molar-refractivity contribution in [2.24, 2.45) is 0 Å². The van der Waals surface area contributed by atoms with Crippen molar-refractivity contribution in [3.63, 3.8) is 0 Å². The van der Waals surface area contributed by atoms with E-state index in [-0.39, 0.29) is 5.41 Å². The van der Waals surface area contributed by atoms with E-state index >= 15 is 0 Å². The molecule has 0 atom stereocenters. The van der Waals surface area contributed by atoms with Gasteiger partial charge in [0.2, 0.25) is 5.82 Å². The van der Waals surface area contributed by atoms with Gasteiger partial charge in [0.25, 0.3) is 0 Å². The molecule has 0 heterocycles. The van der Waals surface area contributed by atoms with Gasteiger partial charge in [0, 0.05) is 5.56 Å². The fourth-order valence-electron chi connectivity index (χ4n) is 1.94. The van der Waals surface area contributed by atoms with Gasteiger partial charge >= 0.3 is 0 Å². The first-order valence-corrected chi connectivity index (χ1v) is 8.88. The molecular formula is C16H15F5O3S2. The van der Waals surface area contributed by atoms with Crippen molar-refractivity contribution in [3.05, 3.63) is 58.9 Å². The fourth-order valence-corrected chi connectivity index (χ4v) is 3.11. The summed E-state index contributed by atoms with van der Waals surface area (Å²) in [6, 6.07) is 8.35. The van der Waals surface area contributed by atoms with Gasteiger partial charge in [-0.25, -0.2) is 30.4 Å². The average Bonchev–Trinajstić information content (AvgIpc) is 2.50. The first-order chi connectivity index (χ1) is 11.7. The molecule has 3 nitrogen and oxygen atoms in total. The molecule has 2 aromatic carbocycles. The summed E-state index contributed by atoms with van der Waals surface area (Å²) in [6.07, 6.45) is 0. The molecule has 2 rings (SSSR count). The summed E-state index contributed by atoms with van der Waals surface area (Å²) in [6.45, 7) is 6.64. The molecule has 0 amide bonds. The van der Waals surface area contributed by atoms with Crippen LogP contribution in [0.1, 0.15) is 26.3 Å². The molecule has 0 unspecified atom stereocenters. The Hall–Kier alpha value is -1.65. The minimum atomic E-state index is -5.77. The molecule has 0 bridgehead atoms. The van der Waals surface area contributed by atoms with Gasteiger partial charge in [-0.3, -0.25) is 0 Å². The van der Waals surface area contributed by atoms with Gasteiger partial charge in [0.1, 0.15) is 15.0 Å². The second-order valence-electron chi connectivity index (χ2n) is 6.15. The standard InChI is InChI=1S/C10H14S.C6HF5O3S/c1-10(2,3)8-6-4-5-7-9(8)11;7-1-2(8)4(10)6(15(12,13)14)5(11)3(1)9/h4-7,11H,1-3H3;(H,12,13,14). The highest BCUT2D eigenvalue weighted by molar-refractivity contribution is 7.85. The van der Waals surface area contributed by atoms with Crippen LogP contribution < -0.4 is 0 Å². The quantitative estimate of drug-likeness (QED) is 0.235. The van der Waals surface area contributed by atoms with Crippen molar-refractivity contribution in [1.82, 2.24) is 0 Å². The van der Waals surface area contributed by atoms with Crippen molar-refractivity contribution < 1.29 is 34.9 Å². The van der Waals surface area contributed by atoms with Crippen LogP contribution in [0.15, 0.2) is 34.1 Å². The van der Waals surface area contributed by atoms with Crippen molar-refractivity contribution in [2.75, 3.05) is 0 Å². The number of hydrogen-bond donors (Lipinski definition) is 0. The summed E-state index contributed by atoms with van der Waals surface area (Å²) >= 11 is 3.58. The number of hydrogen-bond acceptors (Lipinski definition) is 3. The molecule has 26 heavy (non-hydrogen) atoms. The van der Waals surface area contributed by atoms with Crippen LogP contribution in [0.3, 0.4) is 0 Å². The third kappa shape index (κ3) is 4.95. The highest BCUT2D eigenvalue weighted by Crippen LogP contribution is 2.26. The molecule has 10 heteroatoms. The van der Waals surface area contributed by atoms with E-state index < -0.39 is 44.1 Å². The molecule has 0 N–H and O–H groups in total. The molecule has 0 saturated heterocycles. The summed E-state index contributed by atoms with van der Waals surface area (Å²) in [5.41, 5.74) is 1.59. The Balaban J connectivity index is 0.000000273. The van der Waals surface area contributed by atoms with E-state index in [9.17, 15) is 34.9 Å². The molecule has 144 valence electrons. The van der Waals surface area contributed by atoms with Crippen LogP contribution in [0.5, 0.6) is 0 Å². The molecule has 2 aromatic rings. The van der Waals surface area contributed by atoms with Gasteiger partial charge in [-0.2, -0.15) is 0 Å². The van der Waals surface area contributed by atoms with Gasteiger partial charge in [-0.05, 0) is 24.1 Å². The van der Waals surface area contributed by atoms with Crippen molar-refractivity contribution in [1.29, 1.82) is 0 Å². The minimum absolute atomic E-state index is 0.234. The maximum atomic E-state index is 12.6. The lowest BCUT2D eigenvalue weighted by molar-refractivity contribution is 0.350. The topological polar surface area (TPSA) is 57.2 Å². The van der Waals surface area contributed by atoms with E-state index in [0.717, 1.165) is 0 Å². The van der Waals surface area contributed by atoms with Gasteiger partial charge in [-0.1, -0.05) is 39.0 Å². The Morgan fingerprint density at radius 2 is 1.23 bits per heavy atom. The smallest absolute Gasteiger partial charge is 0.200 e. The Morgan fingerprint density at radius 1 is 0.846 bits per heavy atom. The molecule has 0 aliphatic rings. The lowest BCUT2D eigenvalue weighted by Crippen LogP contribution is -2.12. The first kappa shape index (κ1) is 22.4. The molecule has 0 aliphatic carbocycles. The largest absolute Gasteiger partial charge is 0.744 e. The Labute approximate surface area is 153 Å². The zero-order chi connectivity index (χ0) is 20.4. The first-order valence-electron chi connectivity index (χ1n) is 6.98. The molecule has 0 radical (unpaired) electrons. The summed E-state index contributed by atoms with van der Waals surface area (Å²) in [5.74, 6) is -12.8. The van der Waals surface area contributed by atoms with Crippen molar-refractivity contribution in [3.8, 4) is 0 Å². The molecule has 0 spiro atoms. The molecule has 0 aromatic heterocycles. The SMILES string of the molecule is CC(C)(C)c1ccccc1[SH2+].O=S(=O)([O-])c1c(F)c(F)c(F)c(F)c1F. The number of halogens is 5. The van der Waals surface area contributed by atoms with E-state index in [1.165, 1.54) is 10.5 Å². The van der Waals surface area contributed by atoms with Crippen LogP contribution in [0.25, 0.3) is 0 Å². The van der Waals surface area contributed by atoms with Gasteiger partial charge in [0.15, 0.2) is 28.2 Å². The Bertz CT molecular complexity index is 893. The highest BCUT2D eigenvalue weighted by atomic mass is 32.2. The highest BCUT2D eigenvalue weighted by Gasteiger charge is 2.28. The van der Waals surface area contributed by atoms with E-state index in [1.54, 1.807) is 0 Å². The number of benzene rings is 2. The Morgan fingerprint density at radius 3 is 1.54 bits per heavy atom. The second kappa shape index (κ2) is 7.93. The van der Waals surface area contributed by atoms with Crippen LogP contribution in [0.4, 0.5) is 22.0 Å². The maximum absolute atomic E-state index is 12.6. The monoisotopic (exact) mass is 414 g/mol. The summed E-state index contributed by atoms with van der Waals surface area (Å²) < 4.78 is 92.9. The Kier molecular flexibility index (Phi) is 6.83. The third-order valence-electron chi connectivity index (χ3n) is 3.15. The molecule has 0 aliphatic heterocycles. The summed E-state index contributed by atoms with van der Waals surface area (Å²) in [5, 5.41) is 0. The number of rotatable bonds is 1. The maximum Gasteiger partial charge on any atom is 0.200 e. The molecular weight excluding hydrogens is 399 g/mol. The predicted octanol–water partition coefficient (Wildman–Crippen LogP) is 3.64. The van der Waals surface area contributed by atoms with E-state index in [2.05, 4.69) is 51.6 Å². The average molecular weight is 414 g/mol. The molecule has 0 fully saturated rings. The lowest BCUT2D eigenvalue weighted by Gasteiger charge is -2.18. The predicted molar refractivity (Wildman–Crippen MR) is 87.8 cm³/mol. The normalized spacial score (nSPS) is 11.8. The van der Waals surface area contributed by atoms with E-state index in [4.69, 9.17) is 0 Å². The zero-order valence-electron chi connectivity index (χ0n) is 13.8. The lowest BCUT2D eigenvalue weighted by atomic mass is 9.87. The molecule has 0 saturated carbocycles. The zero-order valence-corrected chi connectivity index (χ0v) is 15.6. The fraction of sp³-hybridized carbons (Fsp3) is 0.250. The minimum Gasteiger partial charge on any atom is -0.744 e. The van der Waals surface area contributed by atoms with Crippen molar-refractivity contribution >= 4 is 22.7 Å². The summed E-state index contributed by atoms with van der Waals surface area (Å²) in [7, 11) is -5.77. The van der Waals surface area contributed by atoms with E-state index in [1.807, 2.05) is 6.07 Å². The van der Waals surface area contributed by atoms with E-state index in [0.29, 0.717) is 0 Å². The van der Waals surface area contributed by atoms with Crippen LogP contribution in [-0.4, -0.2) is 13.0 Å². The second-order valence-corrected chi connectivity index (χ2v) is 8.00. The summed E-state index contributed by atoms with van der Waals surface area (Å²) in [4.78, 5) is -1.18. The third-order valence-corrected chi connectivity index (χ3v) is 4.45. The van der Waals surface area contributed by atoms with Crippen LogP contribution in [-0.2, 0) is 28.2 Å². The van der Waals surface area contributed by atoms with Gasteiger partial charge in [0.05, 0.1) is 0 Å². The van der Waals surface area contributed by atoms with Gasteiger partial charge < -0.3 is 4.55 Å². The van der Waals surface area contributed by atoms with Crippen LogP contribution >= 0.6 is 0 Å². The van der Waals surface area contributed by atoms with Crippen molar-refractivity contribution in [2.45, 2.75) is 36.0 Å².